The van der Waals surface area contributed by atoms with Crippen LogP contribution in [-0.2, 0) is 9.53 Å². The van der Waals surface area contributed by atoms with Crippen LogP contribution < -0.4 is 0 Å². The Kier molecular flexibility index (Phi) is 3.78. The minimum Gasteiger partial charge on any atom is -0.463 e. The number of hydrogen-bond donors (Lipinski definition) is 0. The minimum absolute atomic E-state index is 0.304. The summed E-state index contributed by atoms with van der Waals surface area (Å²) in [5, 5.41) is 2.36. The second-order valence-corrected chi connectivity index (χ2v) is 4.10. The van der Waals surface area contributed by atoms with Gasteiger partial charge in [-0.3, -0.25) is 0 Å². The molecule has 18 heavy (non-hydrogen) atoms. The van der Waals surface area contributed by atoms with Crippen molar-refractivity contribution in [2.24, 2.45) is 0 Å². The second kappa shape index (κ2) is 5.50. The molecule has 0 aliphatic heterocycles. The van der Waals surface area contributed by atoms with Gasteiger partial charge in [0.25, 0.3) is 0 Å². The van der Waals surface area contributed by atoms with Gasteiger partial charge in [0.15, 0.2) is 0 Å². The van der Waals surface area contributed by atoms with Crippen LogP contribution in [0.2, 0.25) is 0 Å². The number of aryl methyl sites for hydroxylation is 1. The summed E-state index contributed by atoms with van der Waals surface area (Å²) in [6.45, 7) is 4.28. The van der Waals surface area contributed by atoms with Gasteiger partial charge in [-0.2, -0.15) is 0 Å². The minimum atomic E-state index is -0.304. The van der Waals surface area contributed by atoms with Crippen molar-refractivity contribution >= 4 is 22.8 Å². The predicted octanol–water partition coefficient (Wildman–Crippen LogP) is 3.72. The molecular formula is C16H16O2. The second-order valence-electron chi connectivity index (χ2n) is 4.10. The number of esters is 1. The fraction of sp³-hybridized carbons (Fsp3) is 0.188. The smallest absolute Gasteiger partial charge is 0.330 e. The largest absolute Gasteiger partial charge is 0.463 e. The van der Waals surface area contributed by atoms with Crippen LogP contribution in [0.4, 0.5) is 0 Å². The van der Waals surface area contributed by atoms with Gasteiger partial charge in [0.05, 0.1) is 6.61 Å². The third kappa shape index (κ3) is 2.59. The van der Waals surface area contributed by atoms with E-state index in [9.17, 15) is 4.79 Å². The highest BCUT2D eigenvalue weighted by Crippen LogP contribution is 2.23. The number of rotatable bonds is 3. The molecule has 2 nitrogen and oxygen atoms in total. The first-order chi connectivity index (χ1) is 8.72. The van der Waals surface area contributed by atoms with Gasteiger partial charge in [-0.1, -0.05) is 36.4 Å². The monoisotopic (exact) mass is 240 g/mol. The number of benzene rings is 2. The molecule has 0 spiro atoms. The van der Waals surface area contributed by atoms with E-state index >= 15 is 0 Å². The van der Waals surface area contributed by atoms with E-state index in [1.54, 1.807) is 13.0 Å². The molecule has 0 radical (unpaired) electrons. The van der Waals surface area contributed by atoms with E-state index < -0.39 is 0 Å². The van der Waals surface area contributed by atoms with Crippen LogP contribution in [0, 0.1) is 6.92 Å². The Morgan fingerprint density at radius 2 is 1.89 bits per heavy atom. The van der Waals surface area contributed by atoms with Gasteiger partial charge in [-0.15, -0.1) is 0 Å². The topological polar surface area (TPSA) is 26.3 Å². The average Bonchev–Trinajstić information content (AvgIpc) is 2.39. The number of ether oxygens (including phenoxy) is 1. The van der Waals surface area contributed by atoms with Crippen molar-refractivity contribution in [3.63, 3.8) is 0 Å². The highest BCUT2D eigenvalue weighted by atomic mass is 16.5. The maximum atomic E-state index is 11.3. The first-order valence-electron chi connectivity index (χ1n) is 6.05. The summed E-state index contributed by atoms with van der Waals surface area (Å²) in [6.07, 6.45) is 3.28. The molecule has 2 rings (SSSR count). The molecule has 0 unspecified atom stereocenters. The molecule has 0 N–H and O–H groups in total. The maximum Gasteiger partial charge on any atom is 0.330 e. The van der Waals surface area contributed by atoms with E-state index in [2.05, 4.69) is 25.1 Å². The van der Waals surface area contributed by atoms with Gasteiger partial charge in [-0.25, -0.2) is 4.79 Å². The molecule has 2 aromatic rings. The Morgan fingerprint density at radius 3 is 2.61 bits per heavy atom. The average molecular weight is 240 g/mol. The van der Waals surface area contributed by atoms with Gasteiger partial charge in [-0.05, 0) is 41.8 Å². The van der Waals surface area contributed by atoms with Crippen molar-refractivity contribution in [2.45, 2.75) is 13.8 Å². The van der Waals surface area contributed by atoms with E-state index in [4.69, 9.17) is 4.74 Å². The van der Waals surface area contributed by atoms with Crippen LogP contribution in [0.1, 0.15) is 18.1 Å². The van der Waals surface area contributed by atoms with Gasteiger partial charge < -0.3 is 4.74 Å². The summed E-state index contributed by atoms with van der Waals surface area (Å²) in [6, 6.07) is 12.3. The summed E-state index contributed by atoms with van der Waals surface area (Å²) < 4.78 is 4.87. The van der Waals surface area contributed by atoms with Crippen LogP contribution in [-0.4, -0.2) is 12.6 Å². The van der Waals surface area contributed by atoms with Crippen molar-refractivity contribution in [1.29, 1.82) is 0 Å². The maximum absolute atomic E-state index is 11.3. The molecule has 0 aromatic heterocycles. The molecule has 2 aromatic carbocycles. The first-order valence-corrected chi connectivity index (χ1v) is 6.05. The molecule has 0 saturated heterocycles. The summed E-state index contributed by atoms with van der Waals surface area (Å²) >= 11 is 0. The van der Waals surface area contributed by atoms with E-state index in [1.807, 2.05) is 18.2 Å². The molecule has 0 aliphatic carbocycles. The predicted molar refractivity (Wildman–Crippen MR) is 74.4 cm³/mol. The lowest BCUT2D eigenvalue weighted by atomic mass is 10.00. The molecule has 0 atom stereocenters. The van der Waals surface area contributed by atoms with Crippen molar-refractivity contribution in [3.05, 3.63) is 53.6 Å². The summed E-state index contributed by atoms with van der Waals surface area (Å²) in [5.41, 5.74) is 2.27. The van der Waals surface area contributed by atoms with Gasteiger partial charge in [0.1, 0.15) is 0 Å². The first kappa shape index (κ1) is 12.4. The molecule has 0 heterocycles. The Morgan fingerprint density at radius 1 is 1.17 bits per heavy atom. The standard InChI is InChI=1S/C16H16O2/c1-3-18-16(17)11-10-13-9-8-12(2)14-6-4-5-7-15(13)14/h4-11H,3H2,1-2H3/b11-10+. The highest BCUT2D eigenvalue weighted by Gasteiger charge is 2.01. The zero-order valence-corrected chi connectivity index (χ0v) is 10.6. The molecule has 0 fully saturated rings. The zero-order chi connectivity index (χ0) is 13.0. The van der Waals surface area contributed by atoms with Crippen LogP contribution in [0.3, 0.4) is 0 Å². The van der Waals surface area contributed by atoms with E-state index in [0.29, 0.717) is 6.61 Å². The molecule has 0 bridgehead atoms. The Balaban J connectivity index is 2.40. The lowest BCUT2D eigenvalue weighted by Crippen LogP contribution is -1.98. The lowest BCUT2D eigenvalue weighted by Gasteiger charge is -2.05. The van der Waals surface area contributed by atoms with Crippen molar-refractivity contribution in [1.82, 2.24) is 0 Å². The quantitative estimate of drug-likeness (QED) is 0.603. The van der Waals surface area contributed by atoms with Crippen molar-refractivity contribution in [2.75, 3.05) is 6.61 Å². The van der Waals surface area contributed by atoms with Gasteiger partial charge >= 0.3 is 5.97 Å². The van der Waals surface area contributed by atoms with Crippen LogP contribution in [0.5, 0.6) is 0 Å². The molecule has 2 heteroatoms. The summed E-state index contributed by atoms with van der Waals surface area (Å²) in [4.78, 5) is 11.3. The van der Waals surface area contributed by atoms with E-state index in [0.717, 1.165) is 10.9 Å². The van der Waals surface area contributed by atoms with Crippen LogP contribution >= 0.6 is 0 Å². The Labute approximate surface area is 107 Å². The number of fused-ring (bicyclic) bond motifs is 1. The van der Waals surface area contributed by atoms with E-state index in [-0.39, 0.29) is 5.97 Å². The molecule has 0 amide bonds. The van der Waals surface area contributed by atoms with Crippen LogP contribution in [0.25, 0.3) is 16.8 Å². The summed E-state index contributed by atoms with van der Waals surface area (Å²) in [5.74, 6) is -0.304. The van der Waals surface area contributed by atoms with E-state index in [1.165, 1.54) is 17.0 Å². The third-order valence-corrected chi connectivity index (χ3v) is 2.86. The molecule has 92 valence electrons. The van der Waals surface area contributed by atoms with Crippen molar-refractivity contribution < 1.29 is 9.53 Å². The Bertz CT molecular complexity index is 597. The van der Waals surface area contributed by atoms with Crippen molar-refractivity contribution in [3.8, 4) is 0 Å². The fourth-order valence-electron chi connectivity index (χ4n) is 1.97. The fourth-order valence-corrected chi connectivity index (χ4v) is 1.97. The highest BCUT2D eigenvalue weighted by molar-refractivity contribution is 5.96. The molecule has 0 aliphatic rings. The molecule has 0 saturated carbocycles. The number of carbonyl (C=O) groups excluding carboxylic acids is 1. The lowest BCUT2D eigenvalue weighted by molar-refractivity contribution is -0.137. The SMILES string of the molecule is CCOC(=O)/C=C/c1ccc(C)c2ccccc12. The van der Waals surface area contributed by atoms with Crippen LogP contribution in [0.15, 0.2) is 42.5 Å². The van der Waals surface area contributed by atoms with Gasteiger partial charge in [0, 0.05) is 6.08 Å². The summed E-state index contributed by atoms with van der Waals surface area (Å²) in [7, 11) is 0. The number of carbonyl (C=O) groups is 1. The normalized spacial score (nSPS) is 11.0. The van der Waals surface area contributed by atoms with Gasteiger partial charge in [0.2, 0.25) is 0 Å². The molecular weight excluding hydrogens is 224 g/mol. The third-order valence-electron chi connectivity index (χ3n) is 2.86. The Hall–Kier alpha value is -2.09. The number of hydrogen-bond acceptors (Lipinski definition) is 2. The zero-order valence-electron chi connectivity index (χ0n) is 10.6.